The number of carbonyl (C=O) groups is 1. The zero-order chi connectivity index (χ0) is 15.5. The zero-order valence-electron chi connectivity index (χ0n) is 12.8. The molecule has 1 N–H and O–H groups in total. The van der Waals surface area contributed by atoms with Gasteiger partial charge in [0.2, 0.25) is 5.91 Å². The molecule has 7 heteroatoms. The Labute approximate surface area is 156 Å². The van der Waals surface area contributed by atoms with E-state index in [-0.39, 0.29) is 18.3 Å². The fraction of sp³-hybridized carbons (Fsp3) is 0.562. The molecule has 2 heterocycles. The van der Waals surface area contributed by atoms with Crippen molar-refractivity contribution in [2.24, 2.45) is 0 Å². The Bertz CT molecular complexity index is 545. The van der Waals surface area contributed by atoms with Crippen molar-refractivity contribution in [2.75, 3.05) is 19.7 Å². The maximum atomic E-state index is 12.5. The van der Waals surface area contributed by atoms with E-state index in [4.69, 9.17) is 16.3 Å². The summed E-state index contributed by atoms with van der Waals surface area (Å²) >= 11 is 9.32. The minimum absolute atomic E-state index is 0. The van der Waals surface area contributed by atoms with Crippen molar-refractivity contribution in [3.05, 3.63) is 27.7 Å². The van der Waals surface area contributed by atoms with Crippen LogP contribution in [0.1, 0.15) is 25.7 Å². The molecule has 0 radical (unpaired) electrons. The summed E-state index contributed by atoms with van der Waals surface area (Å²) in [4.78, 5) is 14.6. The average Bonchev–Trinajstić information content (AvgIpc) is 2.74. The Morgan fingerprint density at radius 3 is 2.91 bits per heavy atom. The second kappa shape index (κ2) is 8.56. The van der Waals surface area contributed by atoms with Gasteiger partial charge in [0, 0.05) is 23.7 Å². The van der Waals surface area contributed by atoms with Gasteiger partial charge < -0.3 is 15.0 Å². The van der Waals surface area contributed by atoms with E-state index >= 15 is 0 Å². The number of amides is 1. The van der Waals surface area contributed by atoms with E-state index in [0.717, 1.165) is 42.6 Å². The molecule has 0 saturated carbocycles. The first-order chi connectivity index (χ1) is 10.6. The van der Waals surface area contributed by atoms with Gasteiger partial charge in [-0.25, -0.2) is 0 Å². The molecule has 2 unspecified atom stereocenters. The van der Waals surface area contributed by atoms with E-state index in [1.807, 2.05) is 6.07 Å². The molecule has 1 aromatic carbocycles. The SMILES string of the molecule is Cl.O=C(CCOc1ccc(Cl)cc1Br)N1C2CCNCC1CC2. The van der Waals surface area contributed by atoms with Gasteiger partial charge in [-0.15, -0.1) is 12.4 Å². The third-order valence-electron chi connectivity index (χ3n) is 4.41. The van der Waals surface area contributed by atoms with Crippen LogP contribution in [0.15, 0.2) is 22.7 Å². The molecule has 128 valence electrons. The number of nitrogens with one attached hydrogen (secondary N) is 1. The molecule has 4 nitrogen and oxygen atoms in total. The van der Waals surface area contributed by atoms with Crippen LogP contribution < -0.4 is 10.1 Å². The van der Waals surface area contributed by atoms with Crippen LogP contribution in [0.5, 0.6) is 5.75 Å². The molecule has 2 bridgehead atoms. The number of carbonyl (C=O) groups excluding carboxylic acids is 1. The van der Waals surface area contributed by atoms with Crippen LogP contribution in [0.4, 0.5) is 0 Å². The average molecular weight is 424 g/mol. The number of rotatable bonds is 4. The highest BCUT2D eigenvalue weighted by atomic mass is 79.9. The first-order valence-electron chi connectivity index (χ1n) is 7.75. The maximum Gasteiger partial charge on any atom is 0.226 e. The lowest BCUT2D eigenvalue weighted by molar-refractivity contribution is -0.134. The van der Waals surface area contributed by atoms with E-state index in [1.54, 1.807) is 12.1 Å². The van der Waals surface area contributed by atoms with Crippen molar-refractivity contribution in [2.45, 2.75) is 37.8 Å². The Morgan fingerprint density at radius 2 is 2.13 bits per heavy atom. The Hall–Kier alpha value is -0.490. The Balaban J connectivity index is 0.00000192. The molecular formula is C16H21BrCl2N2O2. The summed E-state index contributed by atoms with van der Waals surface area (Å²) in [5.74, 6) is 0.930. The number of hydrogen-bond donors (Lipinski definition) is 1. The van der Waals surface area contributed by atoms with E-state index < -0.39 is 0 Å². The van der Waals surface area contributed by atoms with Crippen LogP contribution in [0.25, 0.3) is 0 Å². The van der Waals surface area contributed by atoms with Gasteiger partial charge >= 0.3 is 0 Å². The molecule has 1 amide bonds. The minimum atomic E-state index is 0. The van der Waals surface area contributed by atoms with Gasteiger partial charge in [0.15, 0.2) is 0 Å². The van der Waals surface area contributed by atoms with Crippen molar-refractivity contribution in [1.82, 2.24) is 10.2 Å². The quantitative estimate of drug-likeness (QED) is 0.803. The molecule has 2 fully saturated rings. The second-order valence-electron chi connectivity index (χ2n) is 5.85. The third kappa shape index (κ3) is 4.53. The van der Waals surface area contributed by atoms with Crippen LogP contribution in [-0.2, 0) is 4.79 Å². The lowest BCUT2D eigenvalue weighted by Gasteiger charge is -2.28. The van der Waals surface area contributed by atoms with Crippen molar-refractivity contribution < 1.29 is 9.53 Å². The number of benzene rings is 1. The summed E-state index contributed by atoms with van der Waals surface area (Å²) in [5, 5.41) is 4.07. The topological polar surface area (TPSA) is 41.6 Å². The van der Waals surface area contributed by atoms with Crippen LogP contribution in [0.3, 0.4) is 0 Å². The minimum Gasteiger partial charge on any atom is -0.492 e. The number of ether oxygens (including phenoxy) is 1. The van der Waals surface area contributed by atoms with E-state index in [9.17, 15) is 4.79 Å². The van der Waals surface area contributed by atoms with Crippen LogP contribution in [0, 0.1) is 0 Å². The van der Waals surface area contributed by atoms with Gasteiger partial charge in [-0.05, 0) is 59.9 Å². The number of nitrogens with zero attached hydrogens (tertiary/aromatic N) is 1. The summed E-state index contributed by atoms with van der Waals surface area (Å²) in [6.45, 7) is 2.33. The predicted octanol–water partition coefficient (Wildman–Crippen LogP) is 3.65. The van der Waals surface area contributed by atoms with E-state index in [0.29, 0.717) is 30.1 Å². The van der Waals surface area contributed by atoms with Gasteiger partial charge in [0.1, 0.15) is 5.75 Å². The fourth-order valence-corrected chi connectivity index (χ4v) is 4.16. The molecule has 3 rings (SSSR count). The molecule has 0 spiro atoms. The molecule has 1 aromatic rings. The summed E-state index contributed by atoms with van der Waals surface area (Å²) in [6, 6.07) is 6.16. The largest absolute Gasteiger partial charge is 0.492 e. The van der Waals surface area contributed by atoms with Crippen molar-refractivity contribution in [1.29, 1.82) is 0 Å². The standard InChI is InChI=1S/C16H20BrClN2O2.ClH/c17-14-9-11(18)1-4-15(14)22-8-6-16(21)20-12-2-3-13(20)10-19-7-5-12;/h1,4,9,12-13,19H,2-3,5-8,10H2;1H. The summed E-state index contributed by atoms with van der Waals surface area (Å²) in [5.41, 5.74) is 0. The van der Waals surface area contributed by atoms with Crippen molar-refractivity contribution >= 4 is 45.8 Å². The van der Waals surface area contributed by atoms with E-state index in [1.165, 1.54) is 0 Å². The molecule has 2 saturated heterocycles. The summed E-state index contributed by atoms with van der Waals surface area (Å²) in [7, 11) is 0. The molecule has 0 aliphatic carbocycles. The second-order valence-corrected chi connectivity index (χ2v) is 7.14. The first kappa shape index (κ1) is 18.8. The van der Waals surface area contributed by atoms with E-state index in [2.05, 4.69) is 26.1 Å². The molecule has 0 aromatic heterocycles. The van der Waals surface area contributed by atoms with Gasteiger partial charge in [-0.2, -0.15) is 0 Å². The zero-order valence-corrected chi connectivity index (χ0v) is 15.9. The van der Waals surface area contributed by atoms with Gasteiger partial charge in [0.25, 0.3) is 0 Å². The van der Waals surface area contributed by atoms with Crippen molar-refractivity contribution in [3.8, 4) is 5.75 Å². The van der Waals surface area contributed by atoms with Gasteiger partial charge in [0.05, 0.1) is 17.5 Å². The highest BCUT2D eigenvalue weighted by Gasteiger charge is 2.37. The number of fused-ring (bicyclic) bond motifs is 2. The van der Waals surface area contributed by atoms with Crippen LogP contribution in [-0.4, -0.2) is 42.6 Å². The van der Waals surface area contributed by atoms with Crippen molar-refractivity contribution in [3.63, 3.8) is 0 Å². The lowest BCUT2D eigenvalue weighted by atomic mass is 10.1. The van der Waals surface area contributed by atoms with Crippen LogP contribution in [0.2, 0.25) is 5.02 Å². The smallest absolute Gasteiger partial charge is 0.226 e. The monoisotopic (exact) mass is 422 g/mol. The molecule has 2 atom stereocenters. The number of hydrogen-bond acceptors (Lipinski definition) is 3. The molecule has 23 heavy (non-hydrogen) atoms. The maximum absolute atomic E-state index is 12.5. The van der Waals surface area contributed by atoms with Crippen LogP contribution >= 0.6 is 39.9 Å². The van der Waals surface area contributed by atoms with Gasteiger partial charge in [-0.1, -0.05) is 11.6 Å². The lowest BCUT2D eigenvalue weighted by Crippen LogP contribution is -2.42. The fourth-order valence-electron chi connectivity index (χ4n) is 3.36. The highest BCUT2D eigenvalue weighted by Crippen LogP contribution is 2.30. The normalized spacial score (nSPS) is 23.1. The molecule has 2 aliphatic rings. The third-order valence-corrected chi connectivity index (χ3v) is 5.26. The number of halogens is 3. The highest BCUT2D eigenvalue weighted by molar-refractivity contribution is 9.10. The summed E-state index contributed by atoms with van der Waals surface area (Å²) in [6.07, 6.45) is 3.74. The van der Waals surface area contributed by atoms with Gasteiger partial charge in [-0.3, -0.25) is 4.79 Å². The molecular weight excluding hydrogens is 403 g/mol. The molecule has 2 aliphatic heterocycles. The Kier molecular flexibility index (Phi) is 7.01. The first-order valence-corrected chi connectivity index (χ1v) is 8.92. The Morgan fingerprint density at radius 1 is 1.35 bits per heavy atom. The predicted molar refractivity (Wildman–Crippen MR) is 97.7 cm³/mol. The summed E-state index contributed by atoms with van der Waals surface area (Å²) < 4.78 is 6.52.